The van der Waals surface area contributed by atoms with Crippen molar-refractivity contribution in [1.29, 1.82) is 0 Å². The summed E-state index contributed by atoms with van der Waals surface area (Å²) in [6.07, 6.45) is 3.55. The number of carbonyl (C=O) groups is 1. The van der Waals surface area contributed by atoms with Crippen LogP contribution < -0.4 is 5.32 Å². The summed E-state index contributed by atoms with van der Waals surface area (Å²) in [7, 11) is 0. The number of nitrogens with zero attached hydrogens (tertiary/aromatic N) is 1. The molecule has 0 aliphatic carbocycles. The van der Waals surface area contributed by atoms with Gasteiger partial charge >= 0.3 is 0 Å². The van der Waals surface area contributed by atoms with Gasteiger partial charge in [-0.25, -0.2) is 0 Å². The summed E-state index contributed by atoms with van der Waals surface area (Å²) in [6, 6.07) is 19.5. The zero-order valence-corrected chi connectivity index (χ0v) is 18.6. The molecule has 6 heteroatoms. The molecule has 1 N–H and O–H groups in total. The van der Waals surface area contributed by atoms with Gasteiger partial charge in [-0.3, -0.25) is 9.69 Å². The van der Waals surface area contributed by atoms with Gasteiger partial charge in [0.15, 0.2) is 0 Å². The molecule has 1 saturated heterocycles. The predicted octanol–water partition coefficient (Wildman–Crippen LogP) is 6.98. The molecule has 4 aromatic rings. The van der Waals surface area contributed by atoms with E-state index < -0.39 is 0 Å². The SMILES string of the molecule is O=C(Nc1c([C@@H](c2ccc(Cl)cc2)N2CCCCC2)oc2ccccc12)c1cccs1. The number of thiophene rings is 1. The lowest BCUT2D eigenvalue weighted by Crippen LogP contribution is -2.34. The number of hydrogen-bond acceptors (Lipinski definition) is 4. The lowest BCUT2D eigenvalue weighted by Gasteiger charge is -2.34. The van der Waals surface area contributed by atoms with Crippen LogP contribution >= 0.6 is 22.9 Å². The molecule has 2 aromatic carbocycles. The summed E-state index contributed by atoms with van der Waals surface area (Å²) in [5.41, 5.74) is 2.63. The monoisotopic (exact) mass is 450 g/mol. The quantitative estimate of drug-likeness (QED) is 0.357. The maximum Gasteiger partial charge on any atom is 0.265 e. The Labute approximate surface area is 190 Å². The lowest BCUT2D eigenvalue weighted by atomic mass is 9.98. The number of halogens is 1. The van der Waals surface area contributed by atoms with E-state index in [1.807, 2.05) is 53.9 Å². The second-order valence-electron chi connectivity index (χ2n) is 7.82. The molecule has 1 aliphatic heterocycles. The van der Waals surface area contributed by atoms with Crippen LogP contribution in [-0.2, 0) is 0 Å². The zero-order chi connectivity index (χ0) is 21.2. The molecular formula is C25H23ClN2O2S. The van der Waals surface area contributed by atoms with E-state index in [2.05, 4.69) is 22.3 Å². The molecule has 5 rings (SSSR count). The third-order valence-electron chi connectivity index (χ3n) is 5.80. The molecule has 31 heavy (non-hydrogen) atoms. The van der Waals surface area contributed by atoms with Gasteiger partial charge in [-0.15, -0.1) is 11.3 Å². The third-order valence-corrected chi connectivity index (χ3v) is 6.92. The molecule has 0 saturated carbocycles. The molecule has 1 aliphatic rings. The fourth-order valence-electron chi connectivity index (χ4n) is 4.32. The van der Waals surface area contributed by atoms with Gasteiger partial charge in [0.2, 0.25) is 0 Å². The van der Waals surface area contributed by atoms with E-state index in [9.17, 15) is 4.79 Å². The highest BCUT2D eigenvalue weighted by Crippen LogP contribution is 2.41. The van der Waals surface area contributed by atoms with Crippen LogP contribution in [0.5, 0.6) is 0 Å². The summed E-state index contributed by atoms with van der Waals surface area (Å²) < 4.78 is 6.43. The summed E-state index contributed by atoms with van der Waals surface area (Å²) in [4.78, 5) is 16.1. The Kier molecular flexibility index (Phi) is 5.81. The maximum atomic E-state index is 13.0. The molecule has 0 radical (unpaired) electrons. The first kappa shape index (κ1) is 20.3. The molecule has 158 valence electrons. The number of hydrogen-bond donors (Lipinski definition) is 1. The van der Waals surface area contributed by atoms with Gasteiger partial charge < -0.3 is 9.73 Å². The topological polar surface area (TPSA) is 45.5 Å². The average molecular weight is 451 g/mol. The summed E-state index contributed by atoms with van der Waals surface area (Å²) in [5, 5.41) is 6.69. The van der Waals surface area contributed by atoms with Gasteiger partial charge in [0, 0.05) is 10.4 Å². The van der Waals surface area contributed by atoms with Crippen molar-refractivity contribution >= 4 is 45.5 Å². The first-order chi connectivity index (χ1) is 15.2. The Morgan fingerprint density at radius 1 is 1.00 bits per heavy atom. The maximum absolute atomic E-state index is 13.0. The van der Waals surface area contributed by atoms with Crippen LogP contribution in [0.1, 0.15) is 46.3 Å². The molecule has 1 amide bonds. The Morgan fingerprint density at radius 3 is 2.52 bits per heavy atom. The number of carbonyl (C=O) groups excluding carboxylic acids is 1. The van der Waals surface area contributed by atoms with Crippen molar-refractivity contribution in [2.75, 3.05) is 18.4 Å². The number of benzene rings is 2. The third kappa shape index (κ3) is 4.13. The van der Waals surface area contributed by atoms with Gasteiger partial charge in [0.05, 0.1) is 16.6 Å². The highest BCUT2D eigenvalue weighted by Gasteiger charge is 2.31. The normalized spacial score (nSPS) is 15.8. The van der Waals surface area contributed by atoms with Crippen molar-refractivity contribution < 1.29 is 9.21 Å². The van der Waals surface area contributed by atoms with Gasteiger partial charge in [-0.2, -0.15) is 0 Å². The van der Waals surface area contributed by atoms with E-state index in [0.717, 1.165) is 53.9 Å². The van der Waals surface area contributed by atoms with Gasteiger partial charge in [-0.1, -0.05) is 48.4 Å². The number of piperidine rings is 1. The fraction of sp³-hybridized carbons (Fsp3) is 0.240. The molecular weight excluding hydrogens is 428 g/mol. The number of para-hydroxylation sites is 1. The first-order valence-corrected chi connectivity index (χ1v) is 11.8. The van der Waals surface area contributed by atoms with Crippen molar-refractivity contribution in [3.8, 4) is 0 Å². The average Bonchev–Trinajstić information content (AvgIpc) is 3.45. The van der Waals surface area contributed by atoms with Crippen LogP contribution in [0.3, 0.4) is 0 Å². The van der Waals surface area contributed by atoms with Crippen LogP contribution in [-0.4, -0.2) is 23.9 Å². The van der Waals surface area contributed by atoms with Crippen LogP contribution in [0.15, 0.2) is 70.5 Å². The molecule has 4 nitrogen and oxygen atoms in total. The van der Waals surface area contributed by atoms with Crippen molar-refractivity contribution in [1.82, 2.24) is 4.90 Å². The number of anilines is 1. The van der Waals surface area contributed by atoms with E-state index in [1.54, 1.807) is 0 Å². The minimum atomic E-state index is -0.115. The van der Waals surface area contributed by atoms with E-state index in [4.69, 9.17) is 16.0 Å². The molecule has 0 bridgehead atoms. The number of furan rings is 1. The standard InChI is InChI=1S/C25H23ClN2O2S/c26-18-12-10-17(11-13-18)23(28-14-4-1-5-15-28)24-22(19-7-2-3-8-20(19)30-24)27-25(29)21-9-6-16-31-21/h2-3,6-13,16,23H,1,4-5,14-15H2,(H,27,29)/t23-/m1/s1. The fourth-order valence-corrected chi connectivity index (χ4v) is 5.06. The number of nitrogens with one attached hydrogen (secondary N) is 1. The summed E-state index contributed by atoms with van der Waals surface area (Å²) in [5.74, 6) is 0.659. The highest BCUT2D eigenvalue weighted by molar-refractivity contribution is 7.12. The van der Waals surface area contributed by atoms with Gasteiger partial charge in [0.1, 0.15) is 11.3 Å². The second kappa shape index (κ2) is 8.87. The molecule has 1 fully saturated rings. The zero-order valence-electron chi connectivity index (χ0n) is 17.0. The minimum Gasteiger partial charge on any atom is -0.457 e. The molecule has 3 heterocycles. The lowest BCUT2D eigenvalue weighted by molar-refractivity contribution is 0.102. The number of amides is 1. The second-order valence-corrected chi connectivity index (χ2v) is 9.20. The Morgan fingerprint density at radius 2 is 1.77 bits per heavy atom. The van der Waals surface area contributed by atoms with Crippen LogP contribution in [0.2, 0.25) is 5.02 Å². The number of likely N-dealkylation sites (tertiary alicyclic amines) is 1. The molecule has 1 atom stereocenters. The highest BCUT2D eigenvalue weighted by atomic mass is 35.5. The molecule has 0 spiro atoms. The van der Waals surface area contributed by atoms with Crippen molar-refractivity contribution in [3.05, 3.63) is 87.3 Å². The van der Waals surface area contributed by atoms with Crippen LogP contribution in [0.25, 0.3) is 11.0 Å². The van der Waals surface area contributed by atoms with Crippen LogP contribution in [0, 0.1) is 0 Å². The van der Waals surface area contributed by atoms with Gasteiger partial charge in [-0.05, 0) is 67.2 Å². The van der Waals surface area contributed by atoms with E-state index in [0.29, 0.717) is 9.90 Å². The Hall–Kier alpha value is -2.60. The molecule has 0 unspecified atom stereocenters. The Bertz CT molecular complexity index is 1180. The number of fused-ring (bicyclic) bond motifs is 1. The van der Waals surface area contributed by atoms with E-state index in [1.165, 1.54) is 17.8 Å². The first-order valence-electron chi connectivity index (χ1n) is 10.6. The van der Waals surface area contributed by atoms with Crippen molar-refractivity contribution in [2.45, 2.75) is 25.3 Å². The van der Waals surface area contributed by atoms with Crippen molar-refractivity contribution in [2.24, 2.45) is 0 Å². The summed E-state index contributed by atoms with van der Waals surface area (Å²) in [6.45, 7) is 1.98. The summed E-state index contributed by atoms with van der Waals surface area (Å²) >= 11 is 7.61. The van der Waals surface area contributed by atoms with E-state index >= 15 is 0 Å². The smallest absolute Gasteiger partial charge is 0.265 e. The molecule has 2 aromatic heterocycles. The Balaban J connectivity index is 1.64. The van der Waals surface area contributed by atoms with Crippen molar-refractivity contribution in [3.63, 3.8) is 0 Å². The minimum absolute atomic E-state index is 0.0939. The largest absolute Gasteiger partial charge is 0.457 e. The van der Waals surface area contributed by atoms with Gasteiger partial charge in [0.25, 0.3) is 5.91 Å². The number of rotatable bonds is 5. The van der Waals surface area contributed by atoms with E-state index in [-0.39, 0.29) is 11.9 Å². The van der Waals surface area contributed by atoms with Crippen LogP contribution in [0.4, 0.5) is 5.69 Å². The predicted molar refractivity (Wildman–Crippen MR) is 127 cm³/mol.